The molecule has 2 aliphatic rings. The van der Waals surface area contributed by atoms with Crippen LogP contribution in [-0.4, -0.2) is 35.9 Å². The zero-order valence-electron chi connectivity index (χ0n) is 11.4. The van der Waals surface area contributed by atoms with Gasteiger partial charge in [0.1, 0.15) is 6.61 Å². The van der Waals surface area contributed by atoms with Crippen molar-refractivity contribution in [3.05, 3.63) is 12.2 Å². The summed E-state index contributed by atoms with van der Waals surface area (Å²) >= 11 is 0. The summed E-state index contributed by atoms with van der Waals surface area (Å²) in [5.74, 6) is -1.11. The molecule has 20 heavy (non-hydrogen) atoms. The Morgan fingerprint density at radius 2 is 2.10 bits per heavy atom. The van der Waals surface area contributed by atoms with Gasteiger partial charge in [-0.05, 0) is 49.5 Å². The normalized spacial score (nSPS) is 36.4. The monoisotopic (exact) mass is 292 g/mol. The smallest absolute Gasteiger partial charge is 0.380 e. The molecule has 0 aromatic heterocycles. The molecule has 4 atom stereocenters. The fourth-order valence-electron chi connectivity index (χ4n) is 3.40. The van der Waals surface area contributed by atoms with E-state index in [0.29, 0.717) is 18.4 Å². The standard InChI is InChI=1S/C14H19F3O3/c1-8(2)12(18)7-20-6-10-4-11-3-9(10)5-13(11,19)14(15,16)17/h9-11,19H,1,3-7H2,2H3. The number of halogens is 3. The van der Waals surface area contributed by atoms with E-state index in [9.17, 15) is 23.1 Å². The maximum atomic E-state index is 12.8. The molecule has 2 aliphatic carbocycles. The molecular formula is C14H19F3O3. The van der Waals surface area contributed by atoms with E-state index in [1.807, 2.05) is 0 Å². The maximum absolute atomic E-state index is 12.8. The van der Waals surface area contributed by atoms with Crippen LogP contribution in [0.2, 0.25) is 0 Å². The van der Waals surface area contributed by atoms with E-state index in [1.54, 1.807) is 6.92 Å². The van der Waals surface area contributed by atoms with Crippen LogP contribution >= 0.6 is 0 Å². The Kier molecular flexibility index (Phi) is 3.99. The summed E-state index contributed by atoms with van der Waals surface area (Å²) in [7, 11) is 0. The lowest BCUT2D eigenvalue weighted by atomic mass is 9.78. The average molecular weight is 292 g/mol. The largest absolute Gasteiger partial charge is 0.417 e. The predicted molar refractivity (Wildman–Crippen MR) is 66.0 cm³/mol. The van der Waals surface area contributed by atoms with E-state index >= 15 is 0 Å². The van der Waals surface area contributed by atoms with Crippen molar-refractivity contribution in [1.82, 2.24) is 0 Å². The van der Waals surface area contributed by atoms with E-state index in [1.165, 1.54) is 0 Å². The minimum Gasteiger partial charge on any atom is -0.380 e. The summed E-state index contributed by atoms with van der Waals surface area (Å²) in [6.07, 6.45) is -4.11. The maximum Gasteiger partial charge on any atom is 0.417 e. The fourth-order valence-corrected chi connectivity index (χ4v) is 3.40. The van der Waals surface area contributed by atoms with Crippen LogP contribution in [0, 0.1) is 17.8 Å². The molecule has 0 saturated heterocycles. The van der Waals surface area contributed by atoms with Crippen molar-refractivity contribution in [1.29, 1.82) is 0 Å². The minimum atomic E-state index is -4.56. The van der Waals surface area contributed by atoms with Crippen LogP contribution in [0.3, 0.4) is 0 Å². The first-order valence-corrected chi connectivity index (χ1v) is 6.70. The SMILES string of the molecule is C=C(C)C(=O)COCC1CC2CC1CC2(O)C(F)(F)F. The zero-order valence-corrected chi connectivity index (χ0v) is 11.4. The van der Waals surface area contributed by atoms with E-state index in [4.69, 9.17) is 4.74 Å². The molecule has 0 spiro atoms. The summed E-state index contributed by atoms with van der Waals surface area (Å²) < 4.78 is 43.8. The highest BCUT2D eigenvalue weighted by Gasteiger charge is 2.66. The second-order valence-electron chi connectivity index (χ2n) is 6.03. The van der Waals surface area contributed by atoms with Crippen molar-refractivity contribution < 1.29 is 27.8 Å². The van der Waals surface area contributed by atoms with Gasteiger partial charge in [-0.15, -0.1) is 0 Å². The van der Waals surface area contributed by atoms with Crippen molar-refractivity contribution in [3.8, 4) is 0 Å². The molecule has 0 heterocycles. The summed E-state index contributed by atoms with van der Waals surface area (Å²) in [5.41, 5.74) is -2.12. The van der Waals surface area contributed by atoms with Gasteiger partial charge in [0.25, 0.3) is 0 Å². The third kappa shape index (κ3) is 2.63. The molecular weight excluding hydrogens is 273 g/mol. The van der Waals surface area contributed by atoms with Gasteiger partial charge < -0.3 is 9.84 Å². The zero-order chi connectivity index (χ0) is 15.1. The molecule has 1 N–H and O–H groups in total. The molecule has 3 nitrogen and oxygen atoms in total. The summed E-state index contributed by atoms with van der Waals surface area (Å²) in [5, 5.41) is 9.79. The molecule has 0 aromatic rings. The highest BCUT2D eigenvalue weighted by Crippen LogP contribution is 2.58. The van der Waals surface area contributed by atoms with Crippen LogP contribution in [0.25, 0.3) is 0 Å². The van der Waals surface area contributed by atoms with Crippen LogP contribution in [0.4, 0.5) is 13.2 Å². The second-order valence-corrected chi connectivity index (χ2v) is 6.03. The summed E-state index contributed by atoms with van der Waals surface area (Å²) in [6.45, 7) is 5.29. The third-order valence-corrected chi connectivity index (χ3v) is 4.62. The van der Waals surface area contributed by atoms with E-state index in [0.717, 1.165) is 0 Å². The van der Waals surface area contributed by atoms with Crippen LogP contribution in [0.1, 0.15) is 26.2 Å². The predicted octanol–water partition coefficient (Wildman–Crippen LogP) is 2.49. The first-order chi connectivity index (χ1) is 9.15. The van der Waals surface area contributed by atoms with Gasteiger partial charge in [0.15, 0.2) is 11.4 Å². The Hall–Kier alpha value is -0.880. The van der Waals surface area contributed by atoms with Crippen molar-refractivity contribution in [2.45, 2.75) is 38.0 Å². The van der Waals surface area contributed by atoms with Crippen LogP contribution in [0.5, 0.6) is 0 Å². The average Bonchev–Trinajstić information content (AvgIpc) is 2.85. The number of carbonyl (C=O) groups excluding carboxylic acids is 1. The highest BCUT2D eigenvalue weighted by molar-refractivity contribution is 5.95. The van der Waals surface area contributed by atoms with Crippen molar-refractivity contribution in [2.24, 2.45) is 17.8 Å². The lowest BCUT2D eigenvalue weighted by molar-refractivity contribution is -0.279. The van der Waals surface area contributed by atoms with Crippen LogP contribution < -0.4 is 0 Å². The van der Waals surface area contributed by atoms with Gasteiger partial charge in [-0.25, -0.2) is 0 Å². The number of fused-ring (bicyclic) bond motifs is 2. The molecule has 0 amide bonds. The summed E-state index contributed by atoms with van der Waals surface area (Å²) in [4.78, 5) is 11.3. The van der Waals surface area contributed by atoms with Crippen molar-refractivity contribution in [2.75, 3.05) is 13.2 Å². The fraction of sp³-hybridized carbons (Fsp3) is 0.786. The number of rotatable bonds is 5. The number of aliphatic hydroxyl groups is 1. The topological polar surface area (TPSA) is 46.5 Å². The van der Waals surface area contributed by atoms with Gasteiger partial charge in [0, 0.05) is 0 Å². The van der Waals surface area contributed by atoms with Crippen molar-refractivity contribution in [3.63, 3.8) is 0 Å². The minimum absolute atomic E-state index is 0.000506. The number of alkyl halides is 3. The van der Waals surface area contributed by atoms with Gasteiger partial charge in [-0.1, -0.05) is 6.58 Å². The lowest BCUT2D eigenvalue weighted by Gasteiger charge is -2.36. The molecule has 2 fully saturated rings. The first-order valence-electron chi connectivity index (χ1n) is 6.70. The first kappa shape index (κ1) is 15.5. The van der Waals surface area contributed by atoms with Gasteiger partial charge in [-0.3, -0.25) is 4.79 Å². The Bertz CT molecular complexity index is 418. The number of Topliss-reactive ketones (excluding diaryl/α,β-unsaturated/α-hetero) is 1. The van der Waals surface area contributed by atoms with E-state index in [2.05, 4.69) is 6.58 Å². The number of ketones is 1. The Morgan fingerprint density at radius 3 is 2.55 bits per heavy atom. The molecule has 114 valence electrons. The molecule has 4 unspecified atom stereocenters. The van der Waals surface area contributed by atoms with Gasteiger partial charge in [0.2, 0.25) is 0 Å². The third-order valence-electron chi connectivity index (χ3n) is 4.62. The molecule has 2 saturated carbocycles. The van der Waals surface area contributed by atoms with Gasteiger partial charge in [-0.2, -0.15) is 13.2 Å². The molecule has 0 radical (unpaired) electrons. The number of ether oxygens (including phenoxy) is 1. The van der Waals surface area contributed by atoms with Gasteiger partial charge >= 0.3 is 6.18 Å². The second kappa shape index (κ2) is 5.15. The molecule has 6 heteroatoms. The molecule has 0 aromatic carbocycles. The molecule has 2 bridgehead atoms. The molecule has 2 rings (SSSR count). The highest BCUT2D eigenvalue weighted by atomic mass is 19.4. The van der Waals surface area contributed by atoms with Crippen LogP contribution in [-0.2, 0) is 9.53 Å². The number of hydrogen-bond acceptors (Lipinski definition) is 3. The Labute approximate surface area is 115 Å². The van der Waals surface area contributed by atoms with Crippen LogP contribution in [0.15, 0.2) is 12.2 Å². The Morgan fingerprint density at radius 1 is 1.45 bits per heavy atom. The van der Waals surface area contributed by atoms with Gasteiger partial charge in [0.05, 0.1) is 6.61 Å². The lowest BCUT2D eigenvalue weighted by Crippen LogP contribution is -2.50. The Balaban J connectivity index is 1.84. The number of carbonyl (C=O) groups is 1. The van der Waals surface area contributed by atoms with E-state index in [-0.39, 0.29) is 37.3 Å². The summed E-state index contributed by atoms with van der Waals surface area (Å²) in [6, 6.07) is 0. The van der Waals surface area contributed by atoms with E-state index < -0.39 is 17.7 Å². The quantitative estimate of drug-likeness (QED) is 0.792. The molecule has 0 aliphatic heterocycles. The number of hydrogen-bond donors (Lipinski definition) is 1. The van der Waals surface area contributed by atoms with Crippen molar-refractivity contribution >= 4 is 5.78 Å².